The van der Waals surface area contributed by atoms with Crippen LogP contribution >= 0.6 is 11.8 Å². The fourth-order valence-electron chi connectivity index (χ4n) is 2.99. The average molecular weight is 353 g/mol. The van der Waals surface area contributed by atoms with Crippen molar-refractivity contribution in [1.82, 2.24) is 9.55 Å². The molecule has 0 radical (unpaired) electrons. The minimum Gasteiger partial charge on any atom is -0.392 e. The maximum Gasteiger partial charge on any atom is 0.0838 e. The van der Waals surface area contributed by atoms with E-state index >= 15 is 0 Å². The molecule has 0 fully saturated rings. The van der Waals surface area contributed by atoms with Crippen LogP contribution in [-0.4, -0.2) is 14.7 Å². The molecule has 2 heterocycles. The first kappa shape index (κ1) is 17.8. The van der Waals surface area contributed by atoms with Crippen LogP contribution in [0.25, 0.3) is 0 Å². The maximum atomic E-state index is 9.84. The molecule has 0 bridgehead atoms. The molecule has 1 aromatic carbocycles. The van der Waals surface area contributed by atoms with E-state index in [1.165, 1.54) is 26.6 Å². The van der Waals surface area contributed by atoms with Crippen molar-refractivity contribution in [3.8, 4) is 0 Å². The predicted molar refractivity (Wildman–Crippen MR) is 103 cm³/mol. The molecular weight excluding hydrogens is 328 g/mol. The van der Waals surface area contributed by atoms with E-state index in [0.29, 0.717) is 5.92 Å². The molecule has 0 aliphatic rings. The Bertz CT molecular complexity index is 823. The van der Waals surface area contributed by atoms with Crippen molar-refractivity contribution >= 4 is 11.8 Å². The van der Waals surface area contributed by atoms with Crippen LogP contribution in [0.1, 0.15) is 42.0 Å². The highest BCUT2D eigenvalue weighted by Crippen LogP contribution is 2.38. The van der Waals surface area contributed by atoms with Crippen LogP contribution in [0.4, 0.5) is 0 Å². The Balaban J connectivity index is 2.02. The zero-order valence-corrected chi connectivity index (χ0v) is 15.8. The van der Waals surface area contributed by atoms with Gasteiger partial charge in [-0.2, -0.15) is 0 Å². The zero-order valence-electron chi connectivity index (χ0n) is 14.9. The number of benzene rings is 1. The summed E-state index contributed by atoms with van der Waals surface area (Å²) in [5, 5.41) is 11.0. The second-order valence-corrected chi connectivity index (χ2v) is 7.65. The first-order chi connectivity index (χ1) is 12.1. The zero-order chi connectivity index (χ0) is 17.8. The quantitative estimate of drug-likeness (QED) is 0.678. The molecule has 0 aliphatic heterocycles. The van der Waals surface area contributed by atoms with Gasteiger partial charge in [0.15, 0.2) is 0 Å². The van der Waals surface area contributed by atoms with Crippen LogP contribution in [0, 0.1) is 6.92 Å². The number of aliphatic hydroxyl groups excluding tert-OH is 1. The van der Waals surface area contributed by atoms with Gasteiger partial charge in [-0.1, -0.05) is 43.3 Å². The molecule has 2 aromatic heterocycles. The largest absolute Gasteiger partial charge is 0.392 e. The van der Waals surface area contributed by atoms with E-state index in [0.717, 1.165) is 12.1 Å². The number of aromatic nitrogens is 2. The first-order valence-electron chi connectivity index (χ1n) is 8.54. The fraction of sp³-hybridized carbons (Fsp3) is 0.286. The monoisotopic (exact) mass is 352 g/mol. The van der Waals surface area contributed by atoms with E-state index in [2.05, 4.69) is 60.8 Å². The van der Waals surface area contributed by atoms with E-state index in [4.69, 9.17) is 0 Å². The Morgan fingerprint density at radius 2 is 1.76 bits per heavy atom. The van der Waals surface area contributed by atoms with Crippen LogP contribution in [0.5, 0.6) is 0 Å². The molecule has 130 valence electrons. The molecule has 0 atom stereocenters. The number of aliphatic hydroxyl groups is 1. The SMILES string of the molecule is Cc1ccc(Sc2c(C(C)C)c(CO)cn2Cc2ccncc2)cc1. The number of hydrogen-bond acceptors (Lipinski definition) is 3. The Hall–Kier alpha value is -2.04. The Morgan fingerprint density at radius 1 is 1.08 bits per heavy atom. The minimum absolute atomic E-state index is 0.0678. The van der Waals surface area contributed by atoms with Crippen molar-refractivity contribution in [2.24, 2.45) is 0 Å². The molecule has 0 spiro atoms. The van der Waals surface area contributed by atoms with Gasteiger partial charge in [0.25, 0.3) is 0 Å². The third-order valence-corrected chi connectivity index (χ3v) is 5.39. The lowest BCUT2D eigenvalue weighted by atomic mass is 10.0. The van der Waals surface area contributed by atoms with Crippen molar-refractivity contribution in [2.45, 2.75) is 49.8 Å². The van der Waals surface area contributed by atoms with Gasteiger partial charge in [0.2, 0.25) is 0 Å². The summed E-state index contributed by atoms with van der Waals surface area (Å²) in [6, 6.07) is 12.7. The second kappa shape index (κ2) is 7.89. The van der Waals surface area contributed by atoms with Crippen molar-refractivity contribution < 1.29 is 5.11 Å². The molecule has 4 heteroatoms. The van der Waals surface area contributed by atoms with Gasteiger partial charge in [0.1, 0.15) is 0 Å². The average Bonchev–Trinajstić information content (AvgIpc) is 2.95. The number of aryl methyl sites for hydroxylation is 1. The Kier molecular flexibility index (Phi) is 5.61. The highest BCUT2D eigenvalue weighted by molar-refractivity contribution is 7.99. The van der Waals surface area contributed by atoms with Crippen molar-refractivity contribution in [2.75, 3.05) is 0 Å². The minimum atomic E-state index is 0.0678. The van der Waals surface area contributed by atoms with Gasteiger partial charge in [-0.3, -0.25) is 4.98 Å². The number of rotatable bonds is 6. The number of pyridine rings is 1. The lowest BCUT2D eigenvalue weighted by Crippen LogP contribution is -2.01. The van der Waals surface area contributed by atoms with Gasteiger partial charge in [0.05, 0.1) is 11.6 Å². The molecule has 0 saturated heterocycles. The van der Waals surface area contributed by atoms with Gasteiger partial charge in [0, 0.05) is 30.0 Å². The van der Waals surface area contributed by atoms with Gasteiger partial charge >= 0.3 is 0 Å². The van der Waals surface area contributed by atoms with Gasteiger partial charge in [-0.25, -0.2) is 0 Å². The van der Waals surface area contributed by atoms with Crippen LogP contribution in [0.2, 0.25) is 0 Å². The molecule has 3 rings (SSSR count). The molecule has 0 unspecified atom stereocenters. The van der Waals surface area contributed by atoms with Crippen molar-refractivity contribution in [3.63, 3.8) is 0 Å². The van der Waals surface area contributed by atoms with Gasteiger partial charge in [-0.15, -0.1) is 0 Å². The van der Waals surface area contributed by atoms with E-state index in [1.807, 2.05) is 24.5 Å². The van der Waals surface area contributed by atoms with Gasteiger partial charge in [-0.05, 0) is 53.8 Å². The standard InChI is InChI=1S/C21H24N2OS/c1-15(2)20-18(14-24)13-23(12-17-8-10-22-11-9-17)21(20)25-19-6-4-16(3)5-7-19/h4-11,13,15,24H,12,14H2,1-3H3. The van der Waals surface area contributed by atoms with Crippen molar-refractivity contribution in [1.29, 1.82) is 0 Å². The summed E-state index contributed by atoms with van der Waals surface area (Å²) in [5.74, 6) is 0.355. The third-order valence-electron chi connectivity index (χ3n) is 4.23. The highest BCUT2D eigenvalue weighted by Gasteiger charge is 2.19. The summed E-state index contributed by atoms with van der Waals surface area (Å²) in [5.41, 5.74) is 4.72. The molecule has 1 N–H and O–H groups in total. The molecular formula is C21H24N2OS. The maximum absolute atomic E-state index is 9.84. The van der Waals surface area contributed by atoms with Crippen molar-refractivity contribution in [3.05, 3.63) is 77.2 Å². The van der Waals surface area contributed by atoms with Crippen LogP contribution in [0.15, 0.2) is 64.9 Å². The number of hydrogen-bond donors (Lipinski definition) is 1. The summed E-state index contributed by atoms with van der Waals surface area (Å²) < 4.78 is 2.25. The highest BCUT2D eigenvalue weighted by atomic mass is 32.2. The van der Waals surface area contributed by atoms with Crippen LogP contribution in [0.3, 0.4) is 0 Å². The predicted octanol–water partition coefficient (Wildman–Crippen LogP) is 5.01. The van der Waals surface area contributed by atoms with E-state index in [1.54, 1.807) is 11.8 Å². The second-order valence-electron chi connectivity index (χ2n) is 6.58. The fourth-order valence-corrected chi connectivity index (χ4v) is 4.19. The molecule has 0 amide bonds. The summed E-state index contributed by atoms with van der Waals surface area (Å²) in [7, 11) is 0. The molecule has 0 aliphatic carbocycles. The lowest BCUT2D eigenvalue weighted by Gasteiger charge is -2.14. The summed E-state index contributed by atoms with van der Waals surface area (Å²) in [4.78, 5) is 5.31. The summed E-state index contributed by atoms with van der Waals surface area (Å²) in [6.07, 6.45) is 5.73. The summed E-state index contributed by atoms with van der Waals surface area (Å²) in [6.45, 7) is 7.31. The Labute approximate surface area is 153 Å². The molecule has 3 aromatic rings. The van der Waals surface area contributed by atoms with E-state index in [9.17, 15) is 5.11 Å². The third kappa shape index (κ3) is 4.14. The van der Waals surface area contributed by atoms with Crippen LogP contribution in [-0.2, 0) is 13.2 Å². The topological polar surface area (TPSA) is 38.0 Å². The summed E-state index contributed by atoms with van der Waals surface area (Å²) >= 11 is 1.77. The van der Waals surface area contributed by atoms with Crippen LogP contribution < -0.4 is 0 Å². The number of nitrogens with zero attached hydrogens (tertiary/aromatic N) is 2. The molecule has 25 heavy (non-hydrogen) atoms. The van der Waals surface area contributed by atoms with Gasteiger partial charge < -0.3 is 9.67 Å². The van der Waals surface area contributed by atoms with E-state index < -0.39 is 0 Å². The smallest absolute Gasteiger partial charge is 0.0838 e. The normalized spacial score (nSPS) is 11.2. The Morgan fingerprint density at radius 3 is 2.36 bits per heavy atom. The van der Waals surface area contributed by atoms with E-state index in [-0.39, 0.29) is 6.61 Å². The molecule has 3 nitrogen and oxygen atoms in total. The molecule has 0 saturated carbocycles. The lowest BCUT2D eigenvalue weighted by molar-refractivity contribution is 0.280. The first-order valence-corrected chi connectivity index (χ1v) is 9.36.